The van der Waals surface area contributed by atoms with E-state index >= 15 is 0 Å². The highest BCUT2D eigenvalue weighted by atomic mass is 28.3. The zero-order valence-electron chi connectivity index (χ0n) is 17.2. The van der Waals surface area contributed by atoms with E-state index in [1.807, 2.05) is 36.4 Å². The molecule has 4 nitrogen and oxygen atoms in total. The Hall–Kier alpha value is -2.19. The molecule has 0 aliphatic rings. The third-order valence-electron chi connectivity index (χ3n) is 4.17. The van der Waals surface area contributed by atoms with Gasteiger partial charge in [0.1, 0.15) is 0 Å². The summed E-state index contributed by atoms with van der Waals surface area (Å²) < 4.78 is 1.56. The van der Waals surface area contributed by atoms with E-state index in [2.05, 4.69) is 56.0 Å². The van der Waals surface area contributed by atoms with Gasteiger partial charge in [0, 0.05) is 6.20 Å². The average molecular weight is 399 g/mol. The van der Waals surface area contributed by atoms with E-state index in [9.17, 15) is 9.59 Å². The maximum atomic E-state index is 12.4. The standard InChI is InChI=1S/C21H30N2O2Si2/c1-26(2,3)13-12-19(27(4,5)6)14-18-16-23(21(25)22-20(18)24)15-17-10-8-7-9-11-17/h7-14,16H,15H2,1-6H3,(H,22,24,25)/b13-12?,19-14-. The fourth-order valence-corrected chi connectivity index (χ4v) is 4.57. The summed E-state index contributed by atoms with van der Waals surface area (Å²) in [5.74, 6) is 0. The van der Waals surface area contributed by atoms with Crippen molar-refractivity contribution < 1.29 is 0 Å². The molecule has 0 fully saturated rings. The van der Waals surface area contributed by atoms with Crippen molar-refractivity contribution in [1.29, 1.82) is 0 Å². The molecule has 27 heavy (non-hydrogen) atoms. The molecule has 0 radical (unpaired) electrons. The molecular weight excluding hydrogens is 368 g/mol. The molecule has 0 aliphatic heterocycles. The molecule has 0 aliphatic carbocycles. The van der Waals surface area contributed by atoms with Gasteiger partial charge in [0.25, 0.3) is 5.56 Å². The van der Waals surface area contributed by atoms with Crippen molar-refractivity contribution in [2.45, 2.75) is 45.8 Å². The van der Waals surface area contributed by atoms with Crippen molar-refractivity contribution in [3.8, 4) is 0 Å². The predicted octanol–water partition coefficient (Wildman–Crippen LogP) is 4.28. The number of nitrogens with one attached hydrogen (secondary N) is 1. The number of aromatic nitrogens is 2. The Bertz CT molecular complexity index is 957. The van der Waals surface area contributed by atoms with Crippen LogP contribution in [0.4, 0.5) is 0 Å². The lowest BCUT2D eigenvalue weighted by Crippen LogP contribution is -2.31. The molecule has 1 heterocycles. The van der Waals surface area contributed by atoms with Crippen LogP contribution in [0.15, 0.2) is 63.1 Å². The number of benzene rings is 1. The number of H-pyrrole nitrogens is 1. The lowest BCUT2D eigenvalue weighted by molar-refractivity contribution is 0.718. The van der Waals surface area contributed by atoms with Crippen LogP contribution in [0, 0.1) is 0 Å². The highest BCUT2D eigenvalue weighted by molar-refractivity contribution is 6.85. The van der Waals surface area contributed by atoms with E-state index in [0.717, 1.165) is 5.56 Å². The van der Waals surface area contributed by atoms with E-state index in [4.69, 9.17) is 0 Å². The van der Waals surface area contributed by atoms with Crippen LogP contribution in [0.2, 0.25) is 39.3 Å². The second-order valence-corrected chi connectivity index (χ2v) is 19.1. The summed E-state index contributed by atoms with van der Waals surface area (Å²) in [4.78, 5) is 27.1. The minimum Gasteiger partial charge on any atom is -0.296 e. The maximum absolute atomic E-state index is 12.4. The number of nitrogens with zero attached hydrogens (tertiary/aromatic N) is 1. The minimum absolute atomic E-state index is 0.332. The minimum atomic E-state index is -1.64. The van der Waals surface area contributed by atoms with Gasteiger partial charge in [-0.25, -0.2) is 4.79 Å². The van der Waals surface area contributed by atoms with E-state index in [0.29, 0.717) is 12.1 Å². The molecular formula is C21H30N2O2Si2. The SMILES string of the molecule is C[Si](C)(C)C=C/C(=C/c1cn(Cc2ccccc2)c(=O)[nH]c1=O)[Si](C)(C)C. The molecule has 0 atom stereocenters. The van der Waals surface area contributed by atoms with Crippen LogP contribution in [-0.2, 0) is 6.54 Å². The fraction of sp³-hybridized carbons (Fsp3) is 0.333. The molecule has 2 rings (SSSR count). The van der Waals surface area contributed by atoms with Gasteiger partial charge in [-0.1, -0.05) is 86.6 Å². The third kappa shape index (κ3) is 6.48. The molecule has 1 N–H and O–H groups in total. The van der Waals surface area contributed by atoms with Gasteiger partial charge in [-0.05, 0) is 11.6 Å². The first-order chi connectivity index (χ1) is 12.5. The van der Waals surface area contributed by atoms with Crippen molar-refractivity contribution in [2.75, 3.05) is 0 Å². The first-order valence-electron chi connectivity index (χ1n) is 9.25. The van der Waals surface area contributed by atoms with Crippen LogP contribution in [0.5, 0.6) is 0 Å². The van der Waals surface area contributed by atoms with Crippen molar-refractivity contribution in [2.24, 2.45) is 0 Å². The quantitative estimate of drug-likeness (QED) is 0.583. The number of hydrogen-bond acceptors (Lipinski definition) is 2. The lowest BCUT2D eigenvalue weighted by Gasteiger charge is -2.20. The molecule has 0 unspecified atom stereocenters. The number of rotatable bonds is 6. The molecule has 1 aromatic heterocycles. The monoisotopic (exact) mass is 398 g/mol. The van der Waals surface area contributed by atoms with Crippen LogP contribution in [0.3, 0.4) is 0 Å². The first-order valence-corrected chi connectivity index (χ1v) is 16.3. The van der Waals surface area contributed by atoms with Crippen molar-refractivity contribution in [1.82, 2.24) is 9.55 Å². The normalized spacial score (nSPS) is 13.3. The Labute approximate surface area is 163 Å². The summed E-state index contributed by atoms with van der Waals surface area (Å²) in [5.41, 5.74) is 3.15. The van der Waals surface area contributed by atoms with E-state index in [1.165, 1.54) is 5.20 Å². The first kappa shape index (κ1) is 21.1. The van der Waals surface area contributed by atoms with Gasteiger partial charge < -0.3 is 0 Å². The molecule has 0 saturated heterocycles. The molecule has 1 aromatic carbocycles. The largest absolute Gasteiger partial charge is 0.328 e. The predicted molar refractivity (Wildman–Crippen MR) is 121 cm³/mol. The Morgan fingerprint density at radius 2 is 1.67 bits per heavy atom. The summed E-state index contributed by atoms with van der Waals surface area (Å²) in [6.07, 6.45) is 5.84. The highest BCUT2D eigenvalue weighted by Crippen LogP contribution is 2.19. The summed E-state index contributed by atoms with van der Waals surface area (Å²) in [5, 5.41) is 1.21. The van der Waals surface area contributed by atoms with Gasteiger partial charge >= 0.3 is 5.69 Å². The number of allylic oxidation sites excluding steroid dienone is 2. The fourth-order valence-electron chi connectivity index (χ4n) is 2.55. The second-order valence-electron chi connectivity index (χ2n) is 9.01. The molecule has 0 bridgehead atoms. The summed E-state index contributed by atoms with van der Waals surface area (Å²) in [6.45, 7) is 14.1. The lowest BCUT2D eigenvalue weighted by atomic mass is 10.2. The van der Waals surface area contributed by atoms with Crippen molar-refractivity contribution >= 4 is 22.2 Å². The van der Waals surface area contributed by atoms with Gasteiger partial charge in [-0.15, -0.1) is 0 Å². The molecule has 0 amide bonds. The van der Waals surface area contributed by atoms with Crippen molar-refractivity contribution in [3.05, 3.63) is 85.5 Å². The number of aromatic amines is 1. The van der Waals surface area contributed by atoms with E-state index in [-0.39, 0.29) is 11.2 Å². The maximum Gasteiger partial charge on any atom is 0.328 e. The molecule has 0 saturated carbocycles. The topological polar surface area (TPSA) is 54.9 Å². The van der Waals surface area contributed by atoms with Crippen LogP contribution >= 0.6 is 0 Å². The number of hydrogen-bond donors (Lipinski definition) is 1. The zero-order valence-corrected chi connectivity index (χ0v) is 19.2. The van der Waals surface area contributed by atoms with Gasteiger partial charge in [0.05, 0.1) is 28.3 Å². The summed E-state index contributed by atoms with van der Waals surface area (Å²) in [6, 6.07) is 9.77. The van der Waals surface area contributed by atoms with Crippen LogP contribution < -0.4 is 11.2 Å². The van der Waals surface area contributed by atoms with E-state index in [1.54, 1.807) is 10.8 Å². The average Bonchev–Trinajstić information content (AvgIpc) is 2.54. The Balaban J connectivity index is 2.50. The summed E-state index contributed by atoms with van der Waals surface area (Å²) in [7, 11) is -2.98. The Morgan fingerprint density at radius 3 is 2.22 bits per heavy atom. The second kappa shape index (κ2) is 8.23. The van der Waals surface area contributed by atoms with Crippen LogP contribution in [0.1, 0.15) is 11.1 Å². The Kier molecular flexibility index (Phi) is 6.43. The summed E-state index contributed by atoms with van der Waals surface area (Å²) >= 11 is 0. The molecule has 6 heteroatoms. The zero-order chi connectivity index (χ0) is 20.2. The third-order valence-corrected chi connectivity index (χ3v) is 7.38. The van der Waals surface area contributed by atoms with Crippen molar-refractivity contribution in [3.63, 3.8) is 0 Å². The van der Waals surface area contributed by atoms with E-state index < -0.39 is 16.1 Å². The van der Waals surface area contributed by atoms with Gasteiger partial charge in [-0.3, -0.25) is 14.3 Å². The van der Waals surface area contributed by atoms with Crippen LogP contribution in [0.25, 0.3) is 6.08 Å². The highest BCUT2D eigenvalue weighted by Gasteiger charge is 2.19. The molecule has 0 spiro atoms. The smallest absolute Gasteiger partial charge is 0.296 e. The van der Waals surface area contributed by atoms with Crippen LogP contribution in [-0.4, -0.2) is 25.7 Å². The van der Waals surface area contributed by atoms with Gasteiger partial charge in [0.15, 0.2) is 0 Å². The molecule has 144 valence electrons. The molecule has 2 aromatic rings. The van der Waals surface area contributed by atoms with Gasteiger partial charge in [-0.2, -0.15) is 0 Å². The van der Waals surface area contributed by atoms with Gasteiger partial charge in [0.2, 0.25) is 0 Å². The Morgan fingerprint density at radius 1 is 1.04 bits per heavy atom.